The molecule has 6 heteroatoms. The molecule has 1 aliphatic rings. The summed E-state index contributed by atoms with van der Waals surface area (Å²) in [7, 11) is 0. The molecule has 154 valence electrons. The Bertz CT molecular complexity index is 1290. The quantitative estimate of drug-likeness (QED) is 0.284. The van der Waals surface area contributed by atoms with E-state index in [1.807, 2.05) is 42.5 Å². The number of rotatable bonds is 4. The second-order valence-corrected chi connectivity index (χ2v) is 8.47. The maximum absolute atomic E-state index is 11.1. The van der Waals surface area contributed by atoms with E-state index in [1.54, 1.807) is 23.5 Å². The number of nitrogens with zero attached hydrogens (tertiary/aromatic N) is 3. The van der Waals surface area contributed by atoms with Crippen molar-refractivity contribution in [2.45, 2.75) is 25.3 Å². The first kappa shape index (κ1) is 19.5. The van der Waals surface area contributed by atoms with Crippen LogP contribution >= 0.6 is 11.3 Å². The van der Waals surface area contributed by atoms with Crippen LogP contribution in [0.3, 0.4) is 0 Å². The number of nitro benzene ring substituents is 1. The van der Waals surface area contributed by atoms with Crippen molar-refractivity contribution in [1.29, 1.82) is 0 Å². The zero-order valence-electron chi connectivity index (χ0n) is 16.8. The molecule has 0 fully saturated rings. The van der Waals surface area contributed by atoms with Gasteiger partial charge in [-0.3, -0.25) is 10.1 Å². The highest BCUT2D eigenvalue weighted by molar-refractivity contribution is 7.07. The SMILES string of the molecule is O=[N+]([O-])c1ccc(-c2csc(=Nc3ccccc3)n2C2CCCc3ccccc32)cc1. The molecule has 0 N–H and O–H groups in total. The zero-order valence-corrected chi connectivity index (χ0v) is 17.7. The zero-order chi connectivity index (χ0) is 21.2. The summed E-state index contributed by atoms with van der Waals surface area (Å²) in [5.41, 5.74) is 5.73. The summed E-state index contributed by atoms with van der Waals surface area (Å²) in [5.74, 6) is 0. The highest BCUT2D eigenvalue weighted by atomic mass is 32.1. The van der Waals surface area contributed by atoms with Crippen molar-refractivity contribution in [3.05, 3.63) is 110 Å². The number of benzene rings is 3. The van der Waals surface area contributed by atoms with E-state index in [2.05, 4.69) is 34.2 Å². The van der Waals surface area contributed by atoms with Crippen LogP contribution in [0, 0.1) is 10.1 Å². The number of hydrogen-bond acceptors (Lipinski definition) is 4. The van der Waals surface area contributed by atoms with Gasteiger partial charge in [-0.15, -0.1) is 11.3 Å². The third-order valence-corrected chi connectivity index (χ3v) is 6.59. The minimum absolute atomic E-state index is 0.0998. The molecule has 0 saturated heterocycles. The smallest absolute Gasteiger partial charge is 0.269 e. The fourth-order valence-corrected chi connectivity index (χ4v) is 5.24. The molecule has 0 spiro atoms. The van der Waals surface area contributed by atoms with Gasteiger partial charge in [0.2, 0.25) is 0 Å². The molecule has 5 nitrogen and oxygen atoms in total. The monoisotopic (exact) mass is 427 g/mol. The topological polar surface area (TPSA) is 60.4 Å². The van der Waals surface area contributed by atoms with E-state index in [9.17, 15) is 10.1 Å². The number of thiazole rings is 1. The number of nitro groups is 1. The largest absolute Gasteiger partial charge is 0.309 e. The molecule has 0 aliphatic heterocycles. The minimum Gasteiger partial charge on any atom is -0.309 e. The molecule has 1 aliphatic carbocycles. The summed E-state index contributed by atoms with van der Waals surface area (Å²) in [4.78, 5) is 16.6. The molecule has 1 unspecified atom stereocenters. The highest BCUT2D eigenvalue weighted by Crippen LogP contribution is 2.36. The molecular weight excluding hydrogens is 406 g/mol. The van der Waals surface area contributed by atoms with Gasteiger partial charge in [-0.25, -0.2) is 4.99 Å². The molecule has 0 amide bonds. The summed E-state index contributed by atoms with van der Waals surface area (Å²) >= 11 is 1.61. The van der Waals surface area contributed by atoms with Gasteiger partial charge in [-0.05, 0) is 60.2 Å². The van der Waals surface area contributed by atoms with Gasteiger partial charge < -0.3 is 4.57 Å². The molecule has 1 aromatic heterocycles. The number of aromatic nitrogens is 1. The van der Waals surface area contributed by atoms with Crippen molar-refractivity contribution in [2.75, 3.05) is 0 Å². The molecule has 31 heavy (non-hydrogen) atoms. The van der Waals surface area contributed by atoms with Crippen molar-refractivity contribution in [1.82, 2.24) is 4.57 Å². The van der Waals surface area contributed by atoms with E-state index in [0.717, 1.165) is 41.0 Å². The van der Waals surface area contributed by atoms with Gasteiger partial charge in [0.15, 0.2) is 4.80 Å². The van der Waals surface area contributed by atoms with Crippen LogP contribution in [-0.4, -0.2) is 9.49 Å². The first-order chi connectivity index (χ1) is 15.2. The first-order valence-electron chi connectivity index (χ1n) is 10.3. The van der Waals surface area contributed by atoms with Gasteiger partial charge in [0.25, 0.3) is 5.69 Å². The van der Waals surface area contributed by atoms with Crippen molar-refractivity contribution < 1.29 is 4.92 Å². The van der Waals surface area contributed by atoms with E-state index in [1.165, 1.54) is 11.1 Å². The van der Waals surface area contributed by atoms with Crippen LogP contribution in [0.15, 0.2) is 89.2 Å². The maximum atomic E-state index is 11.1. The van der Waals surface area contributed by atoms with Crippen LogP contribution < -0.4 is 4.80 Å². The predicted octanol–water partition coefficient (Wildman–Crippen LogP) is 6.28. The number of fused-ring (bicyclic) bond motifs is 1. The summed E-state index contributed by atoms with van der Waals surface area (Å²) in [6, 6.07) is 25.6. The lowest BCUT2D eigenvalue weighted by Gasteiger charge is -2.28. The molecule has 5 rings (SSSR count). The number of non-ortho nitro benzene ring substituents is 1. The lowest BCUT2D eigenvalue weighted by atomic mass is 9.87. The normalized spacial score (nSPS) is 16.1. The average Bonchev–Trinajstić information content (AvgIpc) is 3.22. The predicted molar refractivity (Wildman–Crippen MR) is 124 cm³/mol. The van der Waals surface area contributed by atoms with E-state index in [-0.39, 0.29) is 16.7 Å². The Labute approximate surface area is 184 Å². The van der Waals surface area contributed by atoms with Gasteiger partial charge in [-0.1, -0.05) is 42.5 Å². The van der Waals surface area contributed by atoms with Crippen LogP contribution in [0.4, 0.5) is 11.4 Å². The number of aryl methyl sites for hydroxylation is 1. The lowest BCUT2D eigenvalue weighted by molar-refractivity contribution is -0.384. The Hall–Kier alpha value is -3.51. The van der Waals surface area contributed by atoms with Gasteiger partial charge in [0.05, 0.1) is 22.3 Å². The Balaban J connectivity index is 1.70. The first-order valence-corrected chi connectivity index (χ1v) is 11.2. The van der Waals surface area contributed by atoms with Gasteiger partial charge in [0.1, 0.15) is 0 Å². The van der Waals surface area contributed by atoms with Gasteiger partial charge in [0, 0.05) is 17.5 Å². The second kappa shape index (κ2) is 8.32. The van der Waals surface area contributed by atoms with Crippen molar-refractivity contribution >= 4 is 22.7 Å². The van der Waals surface area contributed by atoms with Crippen LogP contribution in [0.5, 0.6) is 0 Å². The maximum Gasteiger partial charge on any atom is 0.269 e. The third kappa shape index (κ3) is 3.82. The van der Waals surface area contributed by atoms with E-state index < -0.39 is 0 Å². The second-order valence-electron chi connectivity index (χ2n) is 7.63. The molecule has 3 aromatic carbocycles. The van der Waals surface area contributed by atoms with Gasteiger partial charge >= 0.3 is 0 Å². The Morgan fingerprint density at radius 2 is 1.71 bits per heavy atom. The fraction of sp³-hybridized carbons (Fsp3) is 0.160. The molecule has 4 aromatic rings. The number of hydrogen-bond donors (Lipinski definition) is 0. The Kier molecular flexibility index (Phi) is 5.22. The summed E-state index contributed by atoms with van der Waals surface area (Å²) in [6.07, 6.45) is 3.25. The summed E-state index contributed by atoms with van der Waals surface area (Å²) in [6.45, 7) is 0. The minimum atomic E-state index is -0.362. The van der Waals surface area contributed by atoms with Crippen LogP contribution in [0.1, 0.15) is 30.0 Å². The summed E-state index contributed by atoms with van der Waals surface area (Å²) < 4.78 is 2.32. The third-order valence-electron chi connectivity index (χ3n) is 5.75. The summed E-state index contributed by atoms with van der Waals surface area (Å²) in [5, 5.41) is 13.2. The average molecular weight is 428 g/mol. The fourth-order valence-electron chi connectivity index (χ4n) is 4.28. The molecule has 1 atom stereocenters. The van der Waals surface area contributed by atoms with E-state index in [0.29, 0.717) is 0 Å². The van der Waals surface area contributed by atoms with E-state index in [4.69, 9.17) is 4.99 Å². The highest BCUT2D eigenvalue weighted by Gasteiger charge is 2.25. The van der Waals surface area contributed by atoms with Crippen molar-refractivity contribution in [3.63, 3.8) is 0 Å². The van der Waals surface area contributed by atoms with Crippen LogP contribution in [0.2, 0.25) is 0 Å². The Morgan fingerprint density at radius 1 is 0.968 bits per heavy atom. The Morgan fingerprint density at radius 3 is 2.48 bits per heavy atom. The standard InChI is InChI=1S/C25H21N3O2S/c29-28(30)21-15-13-19(14-16-21)24-17-31-25(26-20-9-2-1-3-10-20)27(24)23-12-6-8-18-7-4-5-11-22(18)23/h1-5,7,9-11,13-17,23H,6,8,12H2. The van der Waals surface area contributed by atoms with Crippen molar-refractivity contribution in [2.24, 2.45) is 4.99 Å². The molecule has 0 bridgehead atoms. The molecule has 0 saturated carbocycles. The molecular formula is C25H21N3O2S. The number of para-hydroxylation sites is 1. The van der Waals surface area contributed by atoms with E-state index >= 15 is 0 Å². The molecule has 1 heterocycles. The van der Waals surface area contributed by atoms with Crippen LogP contribution in [0.25, 0.3) is 11.3 Å². The van der Waals surface area contributed by atoms with Gasteiger partial charge in [-0.2, -0.15) is 0 Å². The molecule has 0 radical (unpaired) electrons. The lowest BCUT2D eigenvalue weighted by Crippen LogP contribution is -2.26. The van der Waals surface area contributed by atoms with Crippen LogP contribution in [-0.2, 0) is 6.42 Å². The van der Waals surface area contributed by atoms with Crippen molar-refractivity contribution in [3.8, 4) is 11.3 Å².